The zero-order valence-electron chi connectivity index (χ0n) is 13.8. The Hall–Kier alpha value is -2.74. The number of benzene rings is 3. The molecule has 2 heteroatoms. The summed E-state index contributed by atoms with van der Waals surface area (Å²) in [7, 11) is 3.30. The van der Waals surface area contributed by atoms with E-state index in [-0.39, 0.29) is 0 Å². The van der Waals surface area contributed by atoms with E-state index in [0.29, 0.717) is 0 Å². The van der Waals surface area contributed by atoms with E-state index >= 15 is 0 Å². The molecule has 3 rings (SSSR count). The smallest absolute Gasteiger partial charge is 0.168 e. The highest BCUT2D eigenvalue weighted by atomic mass is 16.5. The van der Waals surface area contributed by atoms with Crippen molar-refractivity contribution in [2.45, 2.75) is 6.92 Å². The summed E-state index contributed by atoms with van der Waals surface area (Å²) in [6.07, 6.45) is 0. The molecule has 3 aromatic rings. The fourth-order valence-electron chi connectivity index (χ4n) is 2.27. The molecule has 0 heterocycles. The van der Waals surface area contributed by atoms with Gasteiger partial charge >= 0.3 is 0 Å². The average molecular weight is 306 g/mol. The van der Waals surface area contributed by atoms with E-state index in [2.05, 4.69) is 31.2 Å². The lowest BCUT2D eigenvalue weighted by Crippen LogP contribution is -1.92. The van der Waals surface area contributed by atoms with Crippen LogP contribution in [0, 0.1) is 6.92 Å². The molecule has 2 nitrogen and oxygen atoms in total. The van der Waals surface area contributed by atoms with Crippen LogP contribution in [0.3, 0.4) is 0 Å². The Morgan fingerprint density at radius 3 is 1.70 bits per heavy atom. The zero-order chi connectivity index (χ0) is 16.5. The molecule has 0 aliphatic heterocycles. The van der Waals surface area contributed by atoms with Gasteiger partial charge in [-0.2, -0.15) is 0 Å². The molecule has 0 aliphatic carbocycles. The largest absolute Gasteiger partial charge is 0.493 e. The lowest BCUT2D eigenvalue weighted by molar-refractivity contribution is 0.356. The first-order chi connectivity index (χ1) is 11.3. The third-order valence-electron chi connectivity index (χ3n) is 3.43. The maximum Gasteiger partial charge on any atom is 0.168 e. The van der Waals surface area contributed by atoms with Crippen molar-refractivity contribution in [3.63, 3.8) is 0 Å². The molecule has 0 amide bonds. The molecule has 0 unspecified atom stereocenters. The van der Waals surface area contributed by atoms with Gasteiger partial charge in [-0.1, -0.05) is 78.4 Å². The van der Waals surface area contributed by atoms with Crippen molar-refractivity contribution in [2.24, 2.45) is 0 Å². The summed E-state index contributed by atoms with van der Waals surface area (Å²) in [5, 5.41) is 0. The number of methoxy groups -OCH3 is 2. The lowest BCUT2D eigenvalue weighted by Gasteiger charge is -2.12. The maximum atomic E-state index is 5.40. The number of hydrogen-bond acceptors (Lipinski definition) is 2. The van der Waals surface area contributed by atoms with Gasteiger partial charge in [-0.25, -0.2) is 0 Å². The first-order valence-corrected chi connectivity index (χ1v) is 7.54. The van der Waals surface area contributed by atoms with Crippen molar-refractivity contribution in [1.82, 2.24) is 0 Å². The van der Waals surface area contributed by atoms with Gasteiger partial charge in [0.05, 0.1) is 14.2 Å². The first kappa shape index (κ1) is 16.6. The SMILES string of the molecule is COc1cccc(-c2ccccc2)c1OC.Cc1ccccc1. The molecule has 0 fully saturated rings. The zero-order valence-corrected chi connectivity index (χ0v) is 13.8. The molecule has 0 aromatic heterocycles. The van der Waals surface area contributed by atoms with Crippen LogP contribution in [-0.2, 0) is 0 Å². The van der Waals surface area contributed by atoms with Crippen LogP contribution >= 0.6 is 0 Å². The van der Waals surface area contributed by atoms with Crippen molar-refractivity contribution >= 4 is 0 Å². The van der Waals surface area contributed by atoms with Crippen LogP contribution < -0.4 is 9.47 Å². The summed E-state index contributed by atoms with van der Waals surface area (Å²) in [6.45, 7) is 2.08. The Kier molecular flexibility index (Phi) is 6.25. The average Bonchev–Trinajstić information content (AvgIpc) is 2.63. The van der Waals surface area contributed by atoms with Gasteiger partial charge in [0.25, 0.3) is 0 Å². The summed E-state index contributed by atoms with van der Waals surface area (Å²) in [5.41, 5.74) is 3.49. The first-order valence-electron chi connectivity index (χ1n) is 7.54. The Bertz CT molecular complexity index is 706. The minimum absolute atomic E-state index is 0.754. The van der Waals surface area contributed by atoms with Crippen LogP contribution in [-0.4, -0.2) is 14.2 Å². The number of para-hydroxylation sites is 1. The van der Waals surface area contributed by atoms with Crippen LogP contribution in [0.2, 0.25) is 0 Å². The summed E-state index contributed by atoms with van der Waals surface area (Å²) in [4.78, 5) is 0. The monoisotopic (exact) mass is 306 g/mol. The second kappa shape index (κ2) is 8.64. The normalized spacial score (nSPS) is 9.52. The van der Waals surface area contributed by atoms with E-state index in [4.69, 9.17) is 9.47 Å². The molecule has 0 N–H and O–H groups in total. The molecule has 0 aliphatic rings. The molecular weight excluding hydrogens is 284 g/mol. The molecule has 0 atom stereocenters. The third-order valence-corrected chi connectivity index (χ3v) is 3.43. The summed E-state index contributed by atoms with van der Waals surface area (Å²) < 4.78 is 10.7. The number of aryl methyl sites for hydroxylation is 1. The van der Waals surface area contributed by atoms with E-state index < -0.39 is 0 Å². The van der Waals surface area contributed by atoms with Crippen LogP contribution in [0.25, 0.3) is 11.1 Å². The highest BCUT2D eigenvalue weighted by Crippen LogP contribution is 2.37. The predicted octanol–water partition coefficient (Wildman–Crippen LogP) is 5.37. The second-order valence-electron chi connectivity index (χ2n) is 5.06. The van der Waals surface area contributed by atoms with Gasteiger partial charge in [0.1, 0.15) is 0 Å². The topological polar surface area (TPSA) is 18.5 Å². The maximum absolute atomic E-state index is 5.40. The Morgan fingerprint density at radius 1 is 0.609 bits per heavy atom. The van der Waals surface area contributed by atoms with Crippen molar-refractivity contribution < 1.29 is 9.47 Å². The van der Waals surface area contributed by atoms with Gasteiger partial charge in [0.2, 0.25) is 0 Å². The molecule has 0 saturated carbocycles. The minimum atomic E-state index is 0.754. The highest BCUT2D eigenvalue weighted by Gasteiger charge is 2.10. The lowest BCUT2D eigenvalue weighted by atomic mass is 10.0. The van der Waals surface area contributed by atoms with Gasteiger partial charge in [0, 0.05) is 5.56 Å². The standard InChI is InChI=1S/C14H14O2.C7H8/c1-15-13-10-6-9-12(14(13)16-2)11-7-4-3-5-8-11;1-7-5-3-2-4-6-7/h3-10H,1-2H3;2-6H,1H3. The molecule has 0 bridgehead atoms. The summed E-state index contributed by atoms with van der Waals surface area (Å²) >= 11 is 0. The predicted molar refractivity (Wildman–Crippen MR) is 96.2 cm³/mol. The molecule has 3 aromatic carbocycles. The van der Waals surface area contributed by atoms with Crippen LogP contribution in [0.15, 0.2) is 78.9 Å². The summed E-state index contributed by atoms with van der Waals surface area (Å²) in [6, 6.07) is 26.3. The van der Waals surface area contributed by atoms with E-state index in [1.165, 1.54) is 5.56 Å². The van der Waals surface area contributed by atoms with Gasteiger partial charge in [0.15, 0.2) is 11.5 Å². The summed E-state index contributed by atoms with van der Waals surface area (Å²) in [5.74, 6) is 1.53. The number of rotatable bonds is 3. The van der Waals surface area contributed by atoms with Crippen molar-refractivity contribution in [3.8, 4) is 22.6 Å². The Labute approximate surface area is 138 Å². The Balaban J connectivity index is 0.000000229. The van der Waals surface area contributed by atoms with E-state index in [0.717, 1.165) is 22.6 Å². The van der Waals surface area contributed by atoms with Crippen molar-refractivity contribution in [3.05, 3.63) is 84.4 Å². The van der Waals surface area contributed by atoms with Gasteiger partial charge in [-0.3, -0.25) is 0 Å². The molecule has 0 spiro atoms. The highest BCUT2D eigenvalue weighted by molar-refractivity contribution is 5.73. The van der Waals surface area contributed by atoms with E-state index in [1.807, 2.05) is 54.6 Å². The van der Waals surface area contributed by atoms with E-state index in [1.54, 1.807) is 14.2 Å². The molecular formula is C21H22O2. The Morgan fingerprint density at radius 2 is 1.22 bits per heavy atom. The fourth-order valence-corrected chi connectivity index (χ4v) is 2.27. The second-order valence-corrected chi connectivity index (χ2v) is 5.06. The van der Waals surface area contributed by atoms with Crippen LogP contribution in [0.5, 0.6) is 11.5 Å². The van der Waals surface area contributed by atoms with Crippen molar-refractivity contribution in [1.29, 1.82) is 0 Å². The fraction of sp³-hybridized carbons (Fsp3) is 0.143. The molecule has 0 radical (unpaired) electrons. The minimum Gasteiger partial charge on any atom is -0.493 e. The quantitative estimate of drug-likeness (QED) is 0.648. The molecule has 118 valence electrons. The van der Waals surface area contributed by atoms with Crippen molar-refractivity contribution in [2.75, 3.05) is 14.2 Å². The van der Waals surface area contributed by atoms with E-state index in [9.17, 15) is 0 Å². The van der Waals surface area contributed by atoms with Gasteiger partial charge in [-0.15, -0.1) is 0 Å². The number of hydrogen-bond donors (Lipinski definition) is 0. The van der Waals surface area contributed by atoms with Gasteiger partial charge in [-0.05, 0) is 18.6 Å². The molecule has 0 saturated heterocycles. The number of ether oxygens (including phenoxy) is 2. The van der Waals surface area contributed by atoms with Gasteiger partial charge < -0.3 is 9.47 Å². The van der Waals surface area contributed by atoms with Crippen LogP contribution in [0.4, 0.5) is 0 Å². The molecule has 23 heavy (non-hydrogen) atoms. The third kappa shape index (κ3) is 4.62. The van der Waals surface area contributed by atoms with Crippen LogP contribution in [0.1, 0.15) is 5.56 Å².